The number of carbonyl (C=O) groups excluding carboxylic acids is 1. The van der Waals surface area contributed by atoms with Crippen molar-refractivity contribution in [2.24, 2.45) is 0 Å². The monoisotopic (exact) mass is 570 g/mol. The third-order valence-corrected chi connectivity index (χ3v) is 5.72. The summed E-state index contributed by atoms with van der Waals surface area (Å²) in [6.07, 6.45) is 1.52. The summed E-state index contributed by atoms with van der Waals surface area (Å²) in [5, 5.41) is 12.4. The first-order valence-corrected chi connectivity index (χ1v) is 11.7. The van der Waals surface area contributed by atoms with Gasteiger partial charge in [0, 0.05) is 5.69 Å². The summed E-state index contributed by atoms with van der Waals surface area (Å²) < 4.78 is 25.9. The van der Waals surface area contributed by atoms with Gasteiger partial charge in [-0.3, -0.25) is 4.79 Å². The Kier molecular flexibility index (Phi) is 8.66. The molecule has 0 unspecified atom stereocenters. The molecule has 1 N–H and O–H groups in total. The standard InChI is InChI=1S/C27H24FIN2O3/c1-4-33-25-14-20(13-23(29)26(25)34-16-19-6-5-7-22(28)12-19)11-21(15-30)27(32)31-24-10-17(2)8-9-18(24)3/h5-14H,4,16H2,1-3H3,(H,31,32)/b21-11+. The van der Waals surface area contributed by atoms with Gasteiger partial charge in [0.25, 0.3) is 5.91 Å². The first-order valence-electron chi connectivity index (χ1n) is 10.6. The molecule has 7 heteroatoms. The Bertz CT molecular complexity index is 1280. The van der Waals surface area contributed by atoms with Crippen LogP contribution in [0.5, 0.6) is 11.5 Å². The Morgan fingerprint density at radius 1 is 1.15 bits per heavy atom. The number of rotatable bonds is 8. The first-order chi connectivity index (χ1) is 16.3. The summed E-state index contributed by atoms with van der Waals surface area (Å²) in [7, 11) is 0. The number of hydrogen-bond donors (Lipinski definition) is 1. The second-order valence-electron chi connectivity index (χ2n) is 7.62. The minimum atomic E-state index is -0.490. The van der Waals surface area contributed by atoms with E-state index >= 15 is 0 Å². The highest BCUT2D eigenvalue weighted by Gasteiger charge is 2.15. The fraction of sp³-hybridized carbons (Fsp3) is 0.185. The fourth-order valence-corrected chi connectivity index (χ4v) is 4.01. The van der Waals surface area contributed by atoms with Gasteiger partial charge < -0.3 is 14.8 Å². The number of aryl methyl sites for hydroxylation is 2. The Hall–Kier alpha value is -3.38. The lowest BCUT2D eigenvalue weighted by atomic mass is 10.1. The maximum absolute atomic E-state index is 13.5. The average molecular weight is 570 g/mol. The quantitative estimate of drug-likeness (QED) is 0.189. The van der Waals surface area contributed by atoms with E-state index in [2.05, 4.69) is 27.9 Å². The summed E-state index contributed by atoms with van der Waals surface area (Å²) in [5.41, 5.74) is 3.86. The molecule has 34 heavy (non-hydrogen) atoms. The van der Waals surface area contributed by atoms with E-state index in [1.54, 1.807) is 24.3 Å². The fourth-order valence-electron chi connectivity index (χ4n) is 3.23. The lowest BCUT2D eigenvalue weighted by molar-refractivity contribution is -0.112. The second kappa shape index (κ2) is 11.7. The van der Waals surface area contributed by atoms with Crippen LogP contribution in [-0.2, 0) is 11.4 Å². The van der Waals surface area contributed by atoms with Crippen LogP contribution in [-0.4, -0.2) is 12.5 Å². The number of nitrogens with one attached hydrogen (secondary N) is 1. The molecule has 3 aromatic carbocycles. The highest BCUT2D eigenvalue weighted by molar-refractivity contribution is 14.1. The number of amides is 1. The van der Waals surface area contributed by atoms with Gasteiger partial charge in [-0.1, -0.05) is 24.3 Å². The molecule has 0 radical (unpaired) electrons. The van der Waals surface area contributed by atoms with Crippen molar-refractivity contribution in [1.29, 1.82) is 5.26 Å². The number of ether oxygens (including phenoxy) is 2. The van der Waals surface area contributed by atoms with E-state index < -0.39 is 5.91 Å². The zero-order valence-corrected chi connectivity index (χ0v) is 21.3. The van der Waals surface area contributed by atoms with E-state index in [0.29, 0.717) is 34.9 Å². The minimum Gasteiger partial charge on any atom is -0.490 e. The number of nitrogens with zero attached hydrogens (tertiary/aromatic N) is 1. The van der Waals surface area contributed by atoms with Gasteiger partial charge in [-0.2, -0.15) is 5.26 Å². The Balaban J connectivity index is 1.86. The number of hydrogen-bond acceptors (Lipinski definition) is 4. The van der Waals surface area contributed by atoms with Crippen LogP contribution in [0.4, 0.5) is 10.1 Å². The second-order valence-corrected chi connectivity index (χ2v) is 8.79. The number of halogens is 2. The minimum absolute atomic E-state index is 0.0346. The topological polar surface area (TPSA) is 71.3 Å². The highest BCUT2D eigenvalue weighted by Crippen LogP contribution is 2.35. The van der Waals surface area contributed by atoms with E-state index in [1.807, 2.05) is 45.0 Å². The number of anilines is 1. The lowest BCUT2D eigenvalue weighted by Gasteiger charge is -2.15. The molecule has 0 aliphatic heterocycles. The van der Waals surface area contributed by atoms with Crippen molar-refractivity contribution in [3.63, 3.8) is 0 Å². The molecule has 0 aromatic heterocycles. The van der Waals surface area contributed by atoms with E-state index in [9.17, 15) is 14.4 Å². The number of benzene rings is 3. The zero-order valence-electron chi connectivity index (χ0n) is 19.1. The molecule has 5 nitrogen and oxygen atoms in total. The van der Waals surface area contributed by atoms with Crippen molar-refractivity contribution in [3.05, 3.63) is 91.8 Å². The zero-order chi connectivity index (χ0) is 24.7. The van der Waals surface area contributed by atoms with E-state index in [1.165, 1.54) is 18.2 Å². The molecule has 0 fully saturated rings. The summed E-state index contributed by atoms with van der Waals surface area (Å²) in [6, 6.07) is 17.4. The molecule has 0 spiro atoms. The van der Waals surface area contributed by atoms with Gasteiger partial charge in [0.05, 0.1) is 10.2 Å². The van der Waals surface area contributed by atoms with Crippen LogP contribution < -0.4 is 14.8 Å². The van der Waals surface area contributed by atoms with Gasteiger partial charge in [0.1, 0.15) is 24.1 Å². The predicted octanol–water partition coefficient (Wildman–Crippen LogP) is 6.57. The average Bonchev–Trinajstić information content (AvgIpc) is 2.79. The Morgan fingerprint density at radius 2 is 1.94 bits per heavy atom. The summed E-state index contributed by atoms with van der Waals surface area (Å²) >= 11 is 2.11. The van der Waals surface area contributed by atoms with Crippen LogP contribution >= 0.6 is 22.6 Å². The largest absolute Gasteiger partial charge is 0.490 e. The normalized spacial score (nSPS) is 11.0. The van der Waals surface area contributed by atoms with E-state index in [0.717, 1.165) is 14.7 Å². The van der Waals surface area contributed by atoms with Crippen molar-refractivity contribution < 1.29 is 18.7 Å². The molecule has 3 aromatic rings. The molecule has 0 saturated heterocycles. The molecule has 0 heterocycles. The predicted molar refractivity (Wildman–Crippen MR) is 139 cm³/mol. The van der Waals surface area contributed by atoms with Crippen molar-refractivity contribution in [2.45, 2.75) is 27.4 Å². The smallest absolute Gasteiger partial charge is 0.266 e. The molecule has 0 atom stereocenters. The maximum atomic E-state index is 13.5. The van der Waals surface area contributed by atoms with Gasteiger partial charge in [0.2, 0.25) is 0 Å². The van der Waals surface area contributed by atoms with Gasteiger partial charge in [0.15, 0.2) is 11.5 Å². The molecule has 0 aliphatic carbocycles. The summed E-state index contributed by atoms with van der Waals surface area (Å²) in [6.45, 7) is 6.25. The van der Waals surface area contributed by atoms with E-state index in [-0.39, 0.29) is 18.0 Å². The van der Waals surface area contributed by atoms with Crippen molar-refractivity contribution in [3.8, 4) is 17.6 Å². The Labute approximate surface area is 212 Å². The molecular weight excluding hydrogens is 546 g/mol. The van der Waals surface area contributed by atoms with E-state index in [4.69, 9.17) is 9.47 Å². The lowest BCUT2D eigenvalue weighted by Crippen LogP contribution is -2.14. The molecule has 174 valence electrons. The van der Waals surface area contributed by atoms with Gasteiger partial charge in [-0.05, 0) is 102 Å². The molecular formula is C27H24FIN2O3. The van der Waals surface area contributed by atoms with Gasteiger partial charge in [-0.15, -0.1) is 0 Å². The SMILES string of the molecule is CCOc1cc(/C=C(\C#N)C(=O)Nc2cc(C)ccc2C)cc(I)c1OCc1cccc(F)c1. The molecule has 1 amide bonds. The molecule has 0 aliphatic rings. The van der Waals surface area contributed by atoms with Crippen LogP contribution in [0.25, 0.3) is 6.08 Å². The number of nitriles is 1. The molecule has 0 saturated carbocycles. The van der Waals surface area contributed by atoms with Crippen LogP contribution in [0.1, 0.15) is 29.2 Å². The van der Waals surface area contributed by atoms with Crippen LogP contribution in [0.3, 0.4) is 0 Å². The van der Waals surface area contributed by atoms with Crippen molar-refractivity contribution in [1.82, 2.24) is 0 Å². The van der Waals surface area contributed by atoms with Crippen LogP contribution in [0.15, 0.2) is 60.2 Å². The van der Waals surface area contributed by atoms with Crippen molar-refractivity contribution >= 4 is 40.3 Å². The van der Waals surface area contributed by atoms with Crippen LogP contribution in [0.2, 0.25) is 0 Å². The third kappa shape index (κ3) is 6.58. The maximum Gasteiger partial charge on any atom is 0.266 e. The molecule has 3 rings (SSSR count). The van der Waals surface area contributed by atoms with Crippen LogP contribution in [0, 0.1) is 34.6 Å². The van der Waals surface area contributed by atoms with Gasteiger partial charge >= 0.3 is 0 Å². The summed E-state index contributed by atoms with van der Waals surface area (Å²) in [5.74, 6) is 0.173. The van der Waals surface area contributed by atoms with Crippen molar-refractivity contribution in [2.75, 3.05) is 11.9 Å². The molecule has 0 bridgehead atoms. The summed E-state index contributed by atoms with van der Waals surface area (Å²) in [4.78, 5) is 12.8. The highest BCUT2D eigenvalue weighted by atomic mass is 127. The third-order valence-electron chi connectivity index (χ3n) is 4.92. The van der Waals surface area contributed by atoms with Gasteiger partial charge in [-0.25, -0.2) is 4.39 Å². The Morgan fingerprint density at radius 3 is 2.65 bits per heavy atom. The first kappa shape index (κ1) is 25.2. The number of carbonyl (C=O) groups is 1.